The van der Waals surface area contributed by atoms with E-state index in [1.54, 1.807) is 0 Å². The van der Waals surface area contributed by atoms with Crippen molar-refractivity contribution in [1.29, 1.82) is 0 Å². The number of aliphatic hydroxyl groups is 1. The lowest BCUT2D eigenvalue weighted by molar-refractivity contribution is 0.0339. The highest BCUT2D eigenvalue weighted by molar-refractivity contribution is 5.94. The van der Waals surface area contributed by atoms with Crippen LogP contribution >= 0.6 is 0 Å². The summed E-state index contributed by atoms with van der Waals surface area (Å²) in [5.41, 5.74) is 2.71. The highest BCUT2D eigenvalue weighted by atomic mass is 16.5. The van der Waals surface area contributed by atoms with E-state index >= 15 is 0 Å². The number of hydrogen-bond donors (Lipinski definition) is 3. The molecule has 0 aromatic heterocycles. The zero-order valence-corrected chi connectivity index (χ0v) is 14.2. The van der Waals surface area contributed by atoms with Gasteiger partial charge in [-0.15, -0.1) is 0 Å². The Balaban J connectivity index is 1.49. The monoisotopic (exact) mass is 340 g/mol. The highest BCUT2D eigenvalue weighted by Gasteiger charge is 2.21. The van der Waals surface area contributed by atoms with Crippen LogP contribution in [0.1, 0.15) is 12.8 Å². The molecule has 0 aliphatic heterocycles. The summed E-state index contributed by atoms with van der Waals surface area (Å²) in [7, 11) is 0. The van der Waals surface area contributed by atoms with Crippen molar-refractivity contribution in [3.63, 3.8) is 0 Å². The van der Waals surface area contributed by atoms with Gasteiger partial charge in [-0.1, -0.05) is 48.5 Å². The molecular formula is C20H24N2O3. The van der Waals surface area contributed by atoms with Gasteiger partial charge in [-0.2, -0.15) is 0 Å². The second-order valence-electron chi connectivity index (χ2n) is 6.38. The fourth-order valence-corrected chi connectivity index (χ4v) is 2.55. The Hall–Kier alpha value is -2.37. The molecule has 1 aliphatic carbocycles. The summed E-state index contributed by atoms with van der Waals surface area (Å²) in [6, 6.07) is 17.2. The lowest BCUT2D eigenvalue weighted by Crippen LogP contribution is -2.37. The second kappa shape index (κ2) is 8.65. The minimum Gasteiger partial charge on any atom is -0.389 e. The number of carbonyl (C=O) groups is 1. The molecule has 0 saturated heterocycles. The van der Waals surface area contributed by atoms with Crippen LogP contribution in [0.4, 0.5) is 10.5 Å². The number of anilines is 1. The molecule has 1 atom stereocenters. The fourth-order valence-electron chi connectivity index (χ4n) is 2.55. The van der Waals surface area contributed by atoms with Crippen molar-refractivity contribution >= 4 is 11.7 Å². The van der Waals surface area contributed by atoms with Gasteiger partial charge in [0.2, 0.25) is 0 Å². The number of para-hydroxylation sites is 1. The Bertz CT molecular complexity index is 686. The molecule has 3 rings (SSSR count). The molecule has 5 nitrogen and oxygen atoms in total. The van der Waals surface area contributed by atoms with E-state index in [0.717, 1.165) is 16.8 Å². The third-order valence-corrected chi connectivity index (χ3v) is 4.12. The number of ether oxygens (including phenoxy) is 1. The van der Waals surface area contributed by atoms with Gasteiger partial charge in [-0.3, -0.25) is 0 Å². The van der Waals surface area contributed by atoms with Crippen LogP contribution in [-0.4, -0.2) is 37.0 Å². The molecule has 2 aromatic carbocycles. The molecule has 2 amide bonds. The van der Waals surface area contributed by atoms with Crippen molar-refractivity contribution in [2.24, 2.45) is 5.92 Å². The molecule has 2 aromatic rings. The molecular weight excluding hydrogens is 316 g/mol. The van der Waals surface area contributed by atoms with Gasteiger partial charge >= 0.3 is 6.03 Å². The van der Waals surface area contributed by atoms with E-state index in [-0.39, 0.29) is 19.2 Å². The molecule has 1 aliphatic rings. The molecule has 0 heterocycles. The summed E-state index contributed by atoms with van der Waals surface area (Å²) >= 11 is 0. The average molecular weight is 340 g/mol. The number of rotatable bonds is 8. The summed E-state index contributed by atoms with van der Waals surface area (Å²) in [4.78, 5) is 12.1. The van der Waals surface area contributed by atoms with Crippen molar-refractivity contribution < 1.29 is 14.6 Å². The molecule has 3 N–H and O–H groups in total. The third kappa shape index (κ3) is 5.59. The van der Waals surface area contributed by atoms with Crippen LogP contribution in [0.5, 0.6) is 0 Å². The lowest BCUT2D eigenvalue weighted by atomic mass is 10.0. The van der Waals surface area contributed by atoms with Crippen LogP contribution in [0, 0.1) is 5.92 Å². The molecule has 0 bridgehead atoms. The van der Waals surface area contributed by atoms with Crippen molar-refractivity contribution in [2.75, 3.05) is 25.1 Å². The van der Waals surface area contributed by atoms with E-state index in [1.165, 1.54) is 12.8 Å². The van der Waals surface area contributed by atoms with E-state index in [9.17, 15) is 9.90 Å². The maximum atomic E-state index is 12.1. The minimum absolute atomic E-state index is 0.157. The number of benzene rings is 2. The number of amides is 2. The first-order valence-corrected chi connectivity index (χ1v) is 8.67. The standard InChI is InChI=1S/C20H24N2O3/c23-17(14-25-13-15-10-11-15)12-21-20(24)22-19-9-5-4-8-18(19)16-6-2-1-3-7-16/h1-9,15,17,23H,10-14H2,(H2,21,22,24). The van der Waals surface area contributed by atoms with Gasteiger partial charge in [0.05, 0.1) is 18.4 Å². The molecule has 5 heteroatoms. The Morgan fingerprint density at radius 1 is 1.12 bits per heavy atom. The number of aliphatic hydroxyl groups excluding tert-OH is 1. The van der Waals surface area contributed by atoms with Gasteiger partial charge in [-0.05, 0) is 30.4 Å². The SMILES string of the molecule is O=C(NCC(O)COCC1CC1)Nc1ccccc1-c1ccccc1. The van der Waals surface area contributed by atoms with Gasteiger partial charge in [0.25, 0.3) is 0 Å². The maximum Gasteiger partial charge on any atom is 0.319 e. The van der Waals surface area contributed by atoms with Gasteiger partial charge < -0.3 is 20.5 Å². The van der Waals surface area contributed by atoms with Crippen LogP contribution in [0.2, 0.25) is 0 Å². The Labute approximate surface area is 148 Å². The first kappa shape index (κ1) is 17.5. The Morgan fingerprint density at radius 2 is 1.84 bits per heavy atom. The van der Waals surface area contributed by atoms with E-state index in [4.69, 9.17) is 4.74 Å². The number of urea groups is 1. The molecule has 1 saturated carbocycles. The minimum atomic E-state index is -0.700. The van der Waals surface area contributed by atoms with E-state index < -0.39 is 6.10 Å². The fraction of sp³-hybridized carbons (Fsp3) is 0.350. The lowest BCUT2D eigenvalue weighted by Gasteiger charge is -2.14. The van der Waals surface area contributed by atoms with Gasteiger partial charge in [0.1, 0.15) is 0 Å². The number of hydrogen-bond acceptors (Lipinski definition) is 3. The molecule has 132 valence electrons. The Morgan fingerprint density at radius 3 is 2.60 bits per heavy atom. The molecule has 25 heavy (non-hydrogen) atoms. The summed E-state index contributed by atoms with van der Waals surface area (Å²) in [6.45, 7) is 1.11. The topological polar surface area (TPSA) is 70.6 Å². The zero-order chi connectivity index (χ0) is 17.5. The molecule has 1 fully saturated rings. The van der Waals surface area contributed by atoms with Crippen LogP contribution in [-0.2, 0) is 4.74 Å². The largest absolute Gasteiger partial charge is 0.389 e. The van der Waals surface area contributed by atoms with Crippen molar-refractivity contribution in [3.8, 4) is 11.1 Å². The number of nitrogens with one attached hydrogen (secondary N) is 2. The van der Waals surface area contributed by atoms with Crippen LogP contribution in [0.25, 0.3) is 11.1 Å². The normalized spacial score (nSPS) is 14.8. The molecule has 0 radical (unpaired) electrons. The summed E-state index contributed by atoms with van der Waals surface area (Å²) in [5, 5.41) is 15.4. The van der Waals surface area contributed by atoms with Crippen LogP contribution in [0.15, 0.2) is 54.6 Å². The maximum absolute atomic E-state index is 12.1. The molecule has 1 unspecified atom stereocenters. The van der Waals surface area contributed by atoms with Gasteiger partial charge in [-0.25, -0.2) is 4.79 Å². The number of carbonyl (C=O) groups excluding carboxylic acids is 1. The smallest absolute Gasteiger partial charge is 0.319 e. The predicted octanol–water partition coefficient (Wildman–Crippen LogP) is 3.26. The Kier molecular flexibility index (Phi) is 6.04. The van der Waals surface area contributed by atoms with Crippen LogP contribution < -0.4 is 10.6 Å². The van der Waals surface area contributed by atoms with Crippen LogP contribution in [0.3, 0.4) is 0 Å². The van der Waals surface area contributed by atoms with Crippen molar-refractivity contribution in [3.05, 3.63) is 54.6 Å². The first-order valence-electron chi connectivity index (χ1n) is 8.67. The predicted molar refractivity (Wildman–Crippen MR) is 98.4 cm³/mol. The summed E-state index contributed by atoms with van der Waals surface area (Å²) in [5.74, 6) is 0.665. The van der Waals surface area contributed by atoms with E-state index in [1.807, 2.05) is 54.6 Å². The first-order chi connectivity index (χ1) is 12.2. The highest BCUT2D eigenvalue weighted by Crippen LogP contribution is 2.29. The molecule has 0 spiro atoms. The quantitative estimate of drug-likeness (QED) is 0.691. The van der Waals surface area contributed by atoms with Crippen molar-refractivity contribution in [2.45, 2.75) is 18.9 Å². The van der Waals surface area contributed by atoms with E-state index in [0.29, 0.717) is 12.5 Å². The van der Waals surface area contributed by atoms with Gasteiger partial charge in [0, 0.05) is 18.7 Å². The zero-order valence-electron chi connectivity index (χ0n) is 14.2. The van der Waals surface area contributed by atoms with Crippen molar-refractivity contribution in [1.82, 2.24) is 5.32 Å². The van der Waals surface area contributed by atoms with Gasteiger partial charge in [0.15, 0.2) is 0 Å². The second-order valence-corrected chi connectivity index (χ2v) is 6.38. The third-order valence-electron chi connectivity index (χ3n) is 4.12. The summed E-state index contributed by atoms with van der Waals surface area (Å²) in [6.07, 6.45) is 1.74. The summed E-state index contributed by atoms with van der Waals surface area (Å²) < 4.78 is 5.43. The average Bonchev–Trinajstić information content (AvgIpc) is 3.46. The van der Waals surface area contributed by atoms with E-state index in [2.05, 4.69) is 10.6 Å².